The molecule has 2 aliphatic rings. The number of aryl methyl sites for hydroxylation is 1. The Labute approximate surface area is 208 Å². The van der Waals surface area contributed by atoms with Gasteiger partial charge in [-0.1, -0.05) is 55.0 Å². The normalized spacial score (nSPS) is 30.1. The van der Waals surface area contributed by atoms with E-state index in [1.165, 1.54) is 5.56 Å². The van der Waals surface area contributed by atoms with Crippen LogP contribution >= 0.6 is 11.8 Å². The molecule has 1 aliphatic heterocycles. The van der Waals surface area contributed by atoms with E-state index >= 15 is 0 Å². The Morgan fingerprint density at radius 2 is 1.97 bits per heavy atom. The van der Waals surface area contributed by atoms with Crippen molar-refractivity contribution in [2.24, 2.45) is 11.8 Å². The zero-order valence-corrected chi connectivity index (χ0v) is 21.0. The van der Waals surface area contributed by atoms with Crippen LogP contribution in [0.5, 0.6) is 0 Å². The van der Waals surface area contributed by atoms with Gasteiger partial charge in [0.15, 0.2) is 5.78 Å². The minimum atomic E-state index is -0.591. The number of aliphatic hydroxyl groups excluding tert-OH is 4. The van der Waals surface area contributed by atoms with Gasteiger partial charge in [0, 0.05) is 35.0 Å². The van der Waals surface area contributed by atoms with Crippen molar-refractivity contribution in [3.05, 3.63) is 59.0 Å². The first kappa shape index (κ1) is 27.2. The highest BCUT2D eigenvalue weighted by Crippen LogP contribution is 2.47. The third-order valence-corrected chi connectivity index (χ3v) is 8.68. The Kier molecular flexibility index (Phi) is 10.4. The Morgan fingerprint density at radius 3 is 2.71 bits per heavy atom. The number of hydrogen-bond donors (Lipinski definition) is 4. The number of allylic oxidation sites excluding steroid dienone is 2. The molecule has 1 aromatic rings. The largest absolute Gasteiger partial charge is 0.396 e. The molecule has 5 nitrogen and oxygen atoms in total. The summed E-state index contributed by atoms with van der Waals surface area (Å²) >= 11 is 1.64. The summed E-state index contributed by atoms with van der Waals surface area (Å²) in [6.07, 6.45) is 10.2. The van der Waals surface area contributed by atoms with E-state index in [1.54, 1.807) is 17.8 Å². The van der Waals surface area contributed by atoms with Crippen LogP contribution in [0.15, 0.2) is 53.5 Å². The van der Waals surface area contributed by atoms with Crippen molar-refractivity contribution in [1.29, 1.82) is 0 Å². The number of hydrogen-bond acceptors (Lipinski definition) is 6. The highest BCUT2D eigenvalue weighted by atomic mass is 32.2. The molecule has 1 aromatic carbocycles. The molecule has 3 rings (SSSR count). The lowest BCUT2D eigenvalue weighted by Crippen LogP contribution is -2.23. The van der Waals surface area contributed by atoms with Gasteiger partial charge in [-0.15, -0.1) is 11.8 Å². The van der Waals surface area contributed by atoms with E-state index in [9.17, 15) is 20.1 Å². The maximum atomic E-state index is 12.3. The standard InChI is InChI=1S/C28H40O5S/c1-28(17-15-27(34-28)24(31)10-6-18-29)16-5-9-22-23(26(33)19-25(22)32)14-13-21(30)12-11-20-7-3-2-4-8-20/h2-4,7-8,13-15,21-23,25-26,29-30,32-33H,5-6,9-12,16-19H2,1H3/b14-13+/t21-,22+,23+,25-,26+,28?/m0/s1. The van der Waals surface area contributed by atoms with Crippen LogP contribution in [0.4, 0.5) is 0 Å². The lowest BCUT2D eigenvalue weighted by molar-refractivity contribution is -0.115. The number of aliphatic hydroxyl groups is 4. The summed E-state index contributed by atoms with van der Waals surface area (Å²) in [7, 11) is 0. The SMILES string of the molecule is CC1(CCC[C@@H]2[C@@H](/C=C/[C@@H](O)CCc3ccccc3)[C@H](O)C[C@@H]2O)CC=C(C(=O)CCCO)S1. The average molecular weight is 489 g/mol. The first-order valence-corrected chi connectivity index (χ1v) is 13.4. The van der Waals surface area contributed by atoms with E-state index in [-0.39, 0.29) is 29.0 Å². The lowest BCUT2D eigenvalue weighted by Gasteiger charge is -2.26. The van der Waals surface area contributed by atoms with Gasteiger partial charge in [0.2, 0.25) is 0 Å². The molecule has 188 valence electrons. The number of carbonyl (C=O) groups is 1. The van der Waals surface area contributed by atoms with Crippen LogP contribution in [-0.4, -0.2) is 55.9 Å². The molecule has 6 heteroatoms. The summed E-state index contributed by atoms with van der Waals surface area (Å²) in [6, 6.07) is 10.1. The smallest absolute Gasteiger partial charge is 0.168 e. The van der Waals surface area contributed by atoms with Crippen molar-refractivity contribution in [3.8, 4) is 0 Å². The van der Waals surface area contributed by atoms with Crippen molar-refractivity contribution < 1.29 is 25.2 Å². The van der Waals surface area contributed by atoms with Gasteiger partial charge >= 0.3 is 0 Å². The zero-order valence-electron chi connectivity index (χ0n) is 20.2. The summed E-state index contributed by atoms with van der Waals surface area (Å²) in [4.78, 5) is 13.1. The quantitative estimate of drug-likeness (QED) is 0.311. The number of ketones is 1. The van der Waals surface area contributed by atoms with Crippen molar-refractivity contribution in [1.82, 2.24) is 0 Å². The van der Waals surface area contributed by atoms with Crippen LogP contribution in [0.1, 0.15) is 63.9 Å². The zero-order chi connectivity index (χ0) is 24.6. The number of benzene rings is 1. The molecule has 0 bridgehead atoms. The highest BCUT2D eigenvalue weighted by Gasteiger charge is 2.40. The second-order valence-corrected chi connectivity index (χ2v) is 11.7. The molecule has 1 saturated carbocycles. The summed E-state index contributed by atoms with van der Waals surface area (Å²) in [6.45, 7) is 2.22. The van der Waals surface area contributed by atoms with E-state index in [4.69, 9.17) is 5.11 Å². The van der Waals surface area contributed by atoms with Crippen LogP contribution in [0.2, 0.25) is 0 Å². The van der Waals surface area contributed by atoms with Crippen LogP contribution in [0, 0.1) is 11.8 Å². The fourth-order valence-electron chi connectivity index (χ4n) is 5.14. The molecule has 0 aromatic heterocycles. The molecular formula is C28H40O5S. The molecule has 1 fully saturated rings. The minimum Gasteiger partial charge on any atom is -0.396 e. The molecule has 0 amide bonds. The van der Waals surface area contributed by atoms with Crippen molar-refractivity contribution in [3.63, 3.8) is 0 Å². The first-order chi connectivity index (χ1) is 16.3. The number of thioether (sulfide) groups is 1. The van der Waals surface area contributed by atoms with Gasteiger partial charge in [-0.25, -0.2) is 0 Å². The minimum absolute atomic E-state index is 0.0225. The molecule has 0 saturated heterocycles. The Balaban J connectivity index is 1.46. The van der Waals surface area contributed by atoms with Gasteiger partial charge in [-0.05, 0) is 56.9 Å². The maximum Gasteiger partial charge on any atom is 0.168 e. The summed E-state index contributed by atoms with van der Waals surface area (Å²) in [5.41, 5.74) is 1.19. The molecule has 0 radical (unpaired) electrons. The summed E-state index contributed by atoms with van der Waals surface area (Å²) in [5.74, 6) is -0.0616. The van der Waals surface area contributed by atoms with Gasteiger partial charge in [0.25, 0.3) is 0 Å². The number of Topliss-reactive ketones (excluding diaryl/α,β-unsaturated/α-hetero) is 1. The number of carbonyl (C=O) groups excluding carboxylic acids is 1. The maximum absolute atomic E-state index is 12.3. The second kappa shape index (κ2) is 13.0. The molecule has 1 aliphatic carbocycles. The fourth-order valence-corrected chi connectivity index (χ4v) is 6.47. The Bertz CT molecular complexity index is 838. The molecule has 6 atom stereocenters. The topological polar surface area (TPSA) is 98.0 Å². The van der Waals surface area contributed by atoms with E-state index in [0.29, 0.717) is 25.7 Å². The van der Waals surface area contributed by atoms with Crippen LogP contribution in [-0.2, 0) is 11.2 Å². The molecule has 0 spiro atoms. The third-order valence-electron chi connectivity index (χ3n) is 7.20. The Morgan fingerprint density at radius 1 is 1.21 bits per heavy atom. The predicted octanol–water partition coefficient (Wildman–Crippen LogP) is 4.19. The van der Waals surface area contributed by atoms with Gasteiger partial charge < -0.3 is 20.4 Å². The van der Waals surface area contributed by atoms with Gasteiger partial charge in [0.05, 0.1) is 18.3 Å². The average Bonchev–Trinajstić information content (AvgIpc) is 3.34. The van der Waals surface area contributed by atoms with Crippen molar-refractivity contribution in [2.45, 2.75) is 87.8 Å². The van der Waals surface area contributed by atoms with Gasteiger partial charge in [-0.3, -0.25) is 4.79 Å². The Hall–Kier alpha value is -1.44. The van der Waals surface area contributed by atoms with Crippen LogP contribution in [0.3, 0.4) is 0 Å². The van der Waals surface area contributed by atoms with Crippen molar-refractivity contribution in [2.75, 3.05) is 6.61 Å². The molecule has 4 N–H and O–H groups in total. The molecular weight excluding hydrogens is 448 g/mol. The van der Waals surface area contributed by atoms with E-state index in [1.807, 2.05) is 30.4 Å². The third kappa shape index (κ3) is 7.79. The van der Waals surface area contributed by atoms with E-state index in [2.05, 4.69) is 19.1 Å². The molecule has 34 heavy (non-hydrogen) atoms. The predicted molar refractivity (Wildman–Crippen MR) is 137 cm³/mol. The summed E-state index contributed by atoms with van der Waals surface area (Å²) < 4.78 is -0.0225. The lowest BCUT2D eigenvalue weighted by atomic mass is 9.86. The van der Waals surface area contributed by atoms with E-state index in [0.717, 1.165) is 37.0 Å². The highest BCUT2D eigenvalue weighted by molar-refractivity contribution is 8.05. The van der Waals surface area contributed by atoms with Crippen molar-refractivity contribution >= 4 is 17.5 Å². The monoisotopic (exact) mass is 488 g/mol. The van der Waals surface area contributed by atoms with Gasteiger partial charge in [0.1, 0.15) is 0 Å². The number of rotatable bonds is 13. The second-order valence-electron chi connectivity index (χ2n) is 10.1. The van der Waals surface area contributed by atoms with Crippen LogP contribution in [0.25, 0.3) is 0 Å². The molecule has 1 heterocycles. The first-order valence-electron chi connectivity index (χ1n) is 12.6. The summed E-state index contributed by atoms with van der Waals surface area (Å²) in [5, 5.41) is 40.4. The van der Waals surface area contributed by atoms with E-state index < -0.39 is 18.3 Å². The molecule has 1 unspecified atom stereocenters. The van der Waals surface area contributed by atoms with Crippen LogP contribution < -0.4 is 0 Å². The fraction of sp³-hybridized carbons (Fsp3) is 0.607. The van der Waals surface area contributed by atoms with Gasteiger partial charge in [-0.2, -0.15) is 0 Å².